The van der Waals surface area contributed by atoms with E-state index in [9.17, 15) is 14.0 Å². The SMILES string of the molecule is C=Cc1ccc(C(=O)N(Cc2ccc(F)cc2)C(C(=O)N(C)C2CCCC2)c2ccc(OC)c(OC)c2)cc1. The Morgan fingerprint density at radius 1 is 0.974 bits per heavy atom. The van der Waals surface area contributed by atoms with Gasteiger partial charge in [0.05, 0.1) is 14.2 Å². The topological polar surface area (TPSA) is 59.1 Å². The van der Waals surface area contributed by atoms with Gasteiger partial charge in [0.25, 0.3) is 5.91 Å². The van der Waals surface area contributed by atoms with Gasteiger partial charge in [-0.15, -0.1) is 0 Å². The summed E-state index contributed by atoms with van der Waals surface area (Å²) in [6.07, 6.45) is 5.69. The minimum Gasteiger partial charge on any atom is -0.493 e. The zero-order valence-electron chi connectivity index (χ0n) is 22.7. The second-order valence-corrected chi connectivity index (χ2v) is 9.79. The number of halogens is 1. The molecule has 1 saturated carbocycles. The average Bonchev–Trinajstić information content (AvgIpc) is 3.52. The molecule has 7 heteroatoms. The molecule has 0 bridgehead atoms. The summed E-state index contributed by atoms with van der Waals surface area (Å²) in [6.45, 7) is 3.89. The fourth-order valence-corrected chi connectivity index (χ4v) is 5.14. The molecule has 0 saturated heterocycles. The summed E-state index contributed by atoms with van der Waals surface area (Å²) in [5, 5.41) is 0. The Labute approximate surface area is 229 Å². The maximum Gasteiger partial charge on any atom is 0.255 e. The van der Waals surface area contributed by atoms with Gasteiger partial charge in [-0.2, -0.15) is 0 Å². The van der Waals surface area contributed by atoms with Gasteiger partial charge in [0, 0.05) is 25.2 Å². The van der Waals surface area contributed by atoms with Crippen LogP contribution in [0.5, 0.6) is 11.5 Å². The van der Waals surface area contributed by atoms with Crippen LogP contribution in [0.2, 0.25) is 0 Å². The minimum absolute atomic E-state index is 0.103. The number of methoxy groups -OCH3 is 2. The van der Waals surface area contributed by atoms with Gasteiger partial charge in [-0.3, -0.25) is 9.59 Å². The van der Waals surface area contributed by atoms with E-state index in [0.717, 1.165) is 31.2 Å². The maximum absolute atomic E-state index is 14.3. The molecule has 1 aliphatic carbocycles. The standard InChI is InChI=1S/C32H35FN2O4/c1-5-22-10-14-24(15-11-22)31(36)35(21-23-12-17-26(33)18-13-23)30(32(37)34(2)27-8-6-7-9-27)25-16-19-28(38-3)29(20-25)39-4/h5,10-20,27,30H,1,6-9,21H2,2-4H3. The lowest BCUT2D eigenvalue weighted by Gasteiger charge is -2.36. The van der Waals surface area contributed by atoms with Crippen molar-refractivity contribution in [2.75, 3.05) is 21.3 Å². The normalized spacial score (nSPS) is 13.9. The lowest BCUT2D eigenvalue weighted by molar-refractivity contribution is -0.137. The molecular weight excluding hydrogens is 495 g/mol. The predicted molar refractivity (Wildman–Crippen MR) is 150 cm³/mol. The van der Waals surface area contributed by atoms with E-state index in [1.807, 2.05) is 19.2 Å². The highest BCUT2D eigenvalue weighted by Gasteiger charge is 2.37. The molecule has 4 rings (SSSR count). The van der Waals surface area contributed by atoms with Gasteiger partial charge in [0.15, 0.2) is 11.5 Å². The molecule has 0 N–H and O–H groups in total. The number of hydrogen-bond acceptors (Lipinski definition) is 4. The maximum atomic E-state index is 14.3. The minimum atomic E-state index is -0.952. The van der Waals surface area contributed by atoms with Crippen molar-refractivity contribution in [1.29, 1.82) is 0 Å². The molecule has 0 spiro atoms. The Morgan fingerprint density at radius 3 is 2.21 bits per heavy atom. The van der Waals surface area contributed by atoms with Crippen molar-refractivity contribution < 1.29 is 23.5 Å². The Kier molecular flexibility index (Phi) is 9.02. The van der Waals surface area contributed by atoms with E-state index < -0.39 is 6.04 Å². The molecule has 39 heavy (non-hydrogen) atoms. The third kappa shape index (κ3) is 6.30. The van der Waals surface area contributed by atoms with Gasteiger partial charge >= 0.3 is 0 Å². The lowest BCUT2D eigenvalue weighted by atomic mass is 9.99. The van der Waals surface area contributed by atoms with Crippen LogP contribution in [-0.2, 0) is 11.3 Å². The number of carbonyl (C=O) groups is 2. The van der Waals surface area contributed by atoms with Crippen molar-refractivity contribution in [2.24, 2.45) is 0 Å². The number of nitrogens with zero attached hydrogens (tertiary/aromatic N) is 2. The Hall–Kier alpha value is -4.13. The van der Waals surface area contributed by atoms with Crippen LogP contribution in [0.15, 0.2) is 73.3 Å². The van der Waals surface area contributed by atoms with Gasteiger partial charge in [-0.05, 0) is 65.9 Å². The fraction of sp³-hybridized carbons (Fsp3) is 0.312. The van der Waals surface area contributed by atoms with Gasteiger partial charge < -0.3 is 19.3 Å². The Balaban J connectivity index is 1.84. The van der Waals surface area contributed by atoms with E-state index >= 15 is 0 Å². The zero-order valence-corrected chi connectivity index (χ0v) is 22.7. The van der Waals surface area contributed by atoms with Crippen molar-refractivity contribution in [1.82, 2.24) is 9.80 Å². The molecule has 3 aromatic rings. The highest BCUT2D eigenvalue weighted by Crippen LogP contribution is 2.35. The summed E-state index contributed by atoms with van der Waals surface area (Å²) in [5.41, 5.74) is 2.62. The summed E-state index contributed by atoms with van der Waals surface area (Å²) in [6, 6.07) is 17.5. The average molecular weight is 531 g/mol. The molecule has 6 nitrogen and oxygen atoms in total. The lowest BCUT2D eigenvalue weighted by Crippen LogP contribution is -2.46. The monoisotopic (exact) mass is 530 g/mol. The molecular formula is C32H35FN2O4. The Bertz CT molecular complexity index is 1300. The zero-order chi connectivity index (χ0) is 27.9. The number of rotatable bonds is 10. The van der Waals surface area contributed by atoms with Crippen LogP contribution in [0.3, 0.4) is 0 Å². The highest BCUT2D eigenvalue weighted by molar-refractivity contribution is 5.98. The predicted octanol–water partition coefficient (Wildman–Crippen LogP) is 6.27. The smallest absolute Gasteiger partial charge is 0.255 e. The second kappa shape index (κ2) is 12.6. The highest BCUT2D eigenvalue weighted by atomic mass is 19.1. The number of ether oxygens (including phenoxy) is 2. The summed E-state index contributed by atoms with van der Waals surface area (Å²) in [7, 11) is 4.89. The second-order valence-electron chi connectivity index (χ2n) is 9.79. The first kappa shape index (κ1) is 27.9. The van der Waals surface area contributed by atoms with Crippen LogP contribution < -0.4 is 9.47 Å². The van der Waals surface area contributed by atoms with Crippen LogP contribution in [0, 0.1) is 5.82 Å². The van der Waals surface area contributed by atoms with Crippen LogP contribution >= 0.6 is 0 Å². The molecule has 0 aliphatic heterocycles. The summed E-state index contributed by atoms with van der Waals surface area (Å²) in [5.74, 6) is 0.106. The quantitative estimate of drug-likeness (QED) is 0.310. The number of amides is 2. The van der Waals surface area contributed by atoms with Gasteiger partial charge in [-0.25, -0.2) is 4.39 Å². The van der Waals surface area contributed by atoms with Crippen LogP contribution in [0.1, 0.15) is 58.8 Å². The van der Waals surface area contributed by atoms with E-state index in [2.05, 4.69) is 6.58 Å². The fourth-order valence-electron chi connectivity index (χ4n) is 5.14. The van der Waals surface area contributed by atoms with E-state index in [1.54, 1.807) is 65.5 Å². The number of benzene rings is 3. The third-order valence-corrected chi connectivity index (χ3v) is 7.41. The van der Waals surface area contributed by atoms with E-state index in [4.69, 9.17) is 9.47 Å². The van der Waals surface area contributed by atoms with E-state index in [0.29, 0.717) is 28.2 Å². The number of likely N-dealkylation sites (N-methyl/N-ethyl adjacent to an activating group) is 1. The number of hydrogen-bond donors (Lipinski definition) is 0. The van der Waals surface area contributed by atoms with Crippen molar-refractivity contribution in [3.05, 3.63) is 101 Å². The van der Waals surface area contributed by atoms with Crippen molar-refractivity contribution in [2.45, 2.75) is 44.3 Å². The van der Waals surface area contributed by atoms with E-state index in [1.165, 1.54) is 19.2 Å². The van der Waals surface area contributed by atoms with Crippen molar-refractivity contribution >= 4 is 17.9 Å². The largest absolute Gasteiger partial charge is 0.493 e. The molecule has 1 atom stereocenters. The molecule has 2 amide bonds. The van der Waals surface area contributed by atoms with Crippen LogP contribution in [-0.4, -0.2) is 48.9 Å². The third-order valence-electron chi connectivity index (χ3n) is 7.41. The first-order valence-electron chi connectivity index (χ1n) is 13.1. The van der Waals surface area contributed by atoms with Gasteiger partial charge in [0.2, 0.25) is 5.91 Å². The molecule has 3 aromatic carbocycles. The molecule has 1 fully saturated rings. The van der Waals surface area contributed by atoms with Gasteiger partial charge in [-0.1, -0.05) is 55.8 Å². The van der Waals surface area contributed by atoms with Gasteiger partial charge in [0.1, 0.15) is 11.9 Å². The summed E-state index contributed by atoms with van der Waals surface area (Å²) < 4.78 is 24.7. The molecule has 1 aliphatic rings. The first-order valence-corrected chi connectivity index (χ1v) is 13.1. The first-order chi connectivity index (χ1) is 18.9. The Morgan fingerprint density at radius 2 is 1.62 bits per heavy atom. The van der Waals surface area contributed by atoms with E-state index in [-0.39, 0.29) is 30.2 Å². The molecule has 1 unspecified atom stereocenters. The van der Waals surface area contributed by atoms with Crippen molar-refractivity contribution in [3.63, 3.8) is 0 Å². The molecule has 0 aromatic heterocycles. The van der Waals surface area contributed by atoms with Crippen LogP contribution in [0.25, 0.3) is 6.08 Å². The van der Waals surface area contributed by atoms with Crippen LogP contribution in [0.4, 0.5) is 4.39 Å². The molecule has 0 radical (unpaired) electrons. The summed E-state index contributed by atoms with van der Waals surface area (Å²) in [4.78, 5) is 31.8. The number of carbonyl (C=O) groups excluding carboxylic acids is 2. The molecule has 0 heterocycles. The van der Waals surface area contributed by atoms with Crippen molar-refractivity contribution in [3.8, 4) is 11.5 Å². The summed E-state index contributed by atoms with van der Waals surface area (Å²) >= 11 is 0. The molecule has 204 valence electrons.